The lowest BCUT2D eigenvalue weighted by Crippen LogP contribution is -2.16. The Morgan fingerprint density at radius 2 is 2.12 bits per heavy atom. The Labute approximate surface area is 94.5 Å². The Kier molecular flexibility index (Phi) is 3.42. The number of hydrogen-bond donors (Lipinski definition) is 1. The summed E-state index contributed by atoms with van der Waals surface area (Å²) in [6.07, 6.45) is -3.12. The van der Waals surface area contributed by atoms with Crippen molar-refractivity contribution < 1.29 is 17.2 Å². The molecule has 1 rings (SSSR count). The number of rotatable bonds is 2. The summed E-state index contributed by atoms with van der Waals surface area (Å²) in [5.74, 6) is 0. The number of aromatic nitrogens is 1. The number of hydrogen-bond acceptors (Lipinski definition) is 4. The zero-order chi connectivity index (χ0) is 12.5. The highest BCUT2D eigenvalue weighted by atomic mass is 35.5. The first-order valence-corrected chi connectivity index (χ1v) is 5.61. The maximum atomic E-state index is 12.5. The molecule has 0 bridgehead atoms. The van der Waals surface area contributed by atoms with Crippen molar-refractivity contribution in [3.63, 3.8) is 0 Å². The van der Waals surface area contributed by atoms with Gasteiger partial charge in [0.15, 0.2) is 5.15 Å². The molecule has 0 fully saturated rings. The van der Waals surface area contributed by atoms with Gasteiger partial charge in [-0.3, -0.25) is 0 Å². The highest BCUT2D eigenvalue weighted by molar-refractivity contribution is 7.89. The van der Waals surface area contributed by atoms with Crippen molar-refractivity contribution in [2.75, 3.05) is 0 Å². The lowest BCUT2D eigenvalue weighted by Gasteiger charge is -2.08. The molecule has 0 spiro atoms. The van der Waals surface area contributed by atoms with Crippen LogP contribution in [-0.2, 0) is 10.0 Å². The fraction of sp³-hybridized carbons (Fsp3) is 0.143. The van der Waals surface area contributed by atoms with Crippen LogP contribution in [0.2, 0.25) is 5.15 Å². The van der Waals surface area contributed by atoms with Crippen LogP contribution in [0.15, 0.2) is 11.0 Å². The largest absolute Gasteiger partial charge is 0.265 e. The molecule has 2 N–H and O–H groups in total. The number of primary sulfonamides is 1. The van der Waals surface area contributed by atoms with E-state index >= 15 is 0 Å². The van der Waals surface area contributed by atoms with E-state index < -0.39 is 37.8 Å². The molecule has 0 amide bonds. The van der Waals surface area contributed by atoms with Gasteiger partial charge in [-0.2, -0.15) is 5.26 Å². The normalized spacial score (nSPS) is 11.5. The van der Waals surface area contributed by atoms with Crippen molar-refractivity contribution in [3.8, 4) is 6.07 Å². The summed E-state index contributed by atoms with van der Waals surface area (Å²) >= 11 is 5.39. The third kappa shape index (κ3) is 2.44. The van der Waals surface area contributed by atoms with Gasteiger partial charge in [-0.1, -0.05) is 11.6 Å². The summed E-state index contributed by atoms with van der Waals surface area (Å²) in [5.41, 5.74) is -1.34. The van der Waals surface area contributed by atoms with Crippen LogP contribution in [0.1, 0.15) is 17.7 Å². The zero-order valence-corrected chi connectivity index (χ0v) is 9.06. The van der Waals surface area contributed by atoms with Gasteiger partial charge in [0.25, 0.3) is 6.43 Å². The Morgan fingerprint density at radius 3 is 2.50 bits per heavy atom. The summed E-state index contributed by atoms with van der Waals surface area (Å²) in [6.45, 7) is 0. The van der Waals surface area contributed by atoms with E-state index in [2.05, 4.69) is 4.98 Å². The molecule has 0 aliphatic rings. The summed E-state index contributed by atoms with van der Waals surface area (Å²) in [7, 11) is -4.42. The predicted octanol–water partition coefficient (Wildman–Crippen LogP) is 1.19. The minimum absolute atomic E-state index is 0.410. The number of nitrogens with two attached hydrogens (primary N) is 1. The van der Waals surface area contributed by atoms with E-state index in [-0.39, 0.29) is 0 Å². The smallest absolute Gasteiger partial charge is 0.225 e. The van der Waals surface area contributed by atoms with E-state index in [1.165, 1.54) is 6.07 Å². The lowest BCUT2D eigenvalue weighted by atomic mass is 10.2. The van der Waals surface area contributed by atoms with Crippen molar-refractivity contribution in [2.24, 2.45) is 5.14 Å². The van der Waals surface area contributed by atoms with Gasteiger partial charge in [-0.05, 0) is 6.07 Å². The molecular weight excluding hydrogens is 264 g/mol. The van der Waals surface area contributed by atoms with E-state index in [9.17, 15) is 17.2 Å². The van der Waals surface area contributed by atoms with Gasteiger partial charge >= 0.3 is 0 Å². The Hall–Kier alpha value is -1.30. The Balaban J connectivity index is 3.68. The minimum Gasteiger partial charge on any atom is -0.225 e. The second kappa shape index (κ2) is 4.29. The fourth-order valence-corrected chi connectivity index (χ4v) is 2.30. The number of nitriles is 1. The monoisotopic (exact) mass is 267 g/mol. The summed E-state index contributed by atoms with van der Waals surface area (Å²) in [5, 5.41) is 12.4. The highest BCUT2D eigenvalue weighted by Crippen LogP contribution is 2.30. The van der Waals surface area contributed by atoms with E-state index in [1.807, 2.05) is 0 Å². The first kappa shape index (κ1) is 12.8. The molecular formula is C7H4ClF2N3O2S. The molecule has 86 valence electrons. The van der Waals surface area contributed by atoms with Gasteiger partial charge in [0.2, 0.25) is 10.0 Å². The summed E-state index contributed by atoms with van der Waals surface area (Å²) in [6, 6.07) is 2.11. The molecule has 1 aromatic heterocycles. The standard InChI is InChI=1S/C7H4ClF2N3O2S/c8-6-5(16(12,14)15)4(7(9)10)1-3(2-11)13-6/h1,7H,(H2,12,14,15). The molecule has 0 saturated carbocycles. The molecule has 0 unspecified atom stereocenters. The number of halogens is 3. The van der Waals surface area contributed by atoms with Crippen molar-refractivity contribution in [3.05, 3.63) is 22.5 Å². The first-order chi connectivity index (χ1) is 7.27. The molecule has 16 heavy (non-hydrogen) atoms. The highest BCUT2D eigenvalue weighted by Gasteiger charge is 2.25. The second-order valence-electron chi connectivity index (χ2n) is 2.67. The molecule has 0 radical (unpaired) electrons. The van der Waals surface area contributed by atoms with E-state index in [4.69, 9.17) is 22.0 Å². The van der Waals surface area contributed by atoms with E-state index in [0.29, 0.717) is 6.07 Å². The van der Waals surface area contributed by atoms with Gasteiger partial charge in [0, 0.05) is 5.56 Å². The topological polar surface area (TPSA) is 96.8 Å². The zero-order valence-electron chi connectivity index (χ0n) is 7.49. The van der Waals surface area contributed by atoms with Crippen LogP contribution in [0.4, 0.5) is 8.78 Å². The number of alkyl halides is 2. The molecule has 0 atom stereocenters. The van der Waals surface area contributed by atoms with Crippen LogP contribution in [-0.4, -0.2) is 13.4 Å². The minimum atomic E-state index is -4.42. The van der Waals surface area contributed by atoms with Gasteiger partial charge in [-0.25, -0.2) is 27.3 Å². The Morgan fingerprint density at radius 1 is 1.56 bits per heavy atom. The molecule has 5 nitrogen and oxygen atoms in total. The van der Waals surface area contributed by atoms with Crippen LogP contribution in [0.3, 0.4) is 0 Å². The molecule has 1 heterocycles. The molecule has 0 aromatic carbocycles. The molecule has 0 aliphatic carbocycles. The van der Waals surface area contributed by atoms with Gasteiger partial charge in [0.1, 0.15) is 16.7 Å². The SMILES string of the molecule is N#Cc1cc(C(F)F)c(S(N)(=O)=O)c(Cl)n1. The van der Waals surface area contributed by atoms with Crippen LogP contribution < -0.4 is 5.14 Å². The number of sulfonamides is 1. The van der Waals surface area contributed by atoms with Gasteiger partial charge in [-0.15, -0.1) is 0 Å². The number of nitrogens with zero attached hydrogens (tertiary/aromatic N) is 2. The van der Waals surface area contributed by atoms with Crippen molar-refractivity contribution >= 4 is 21.6 Å². The third-order valence-electron chi connectivity index (χ3n) is 1.59. The predicted molar refractivity (Wildman–Crippen MR) is 50.3 cm³/mol. The van der Waals surface area contributed by atoms with Gasteiger partial charge in [0.05, 0.1) is 0 Å². The molecule has 1 aromatic rings. The summed E-state index contributed by atoms with van der Waals surface area (Å²) in [4.78, 5) is 2.36. The second-order valence-corrected chi connectivity index (χ2v) is 4.53. The first-order valence-electron chi connectivity index (χ1n) is 3.69. The quantitative estimate of drug-likeness (QED) is 0.814. The maximum absolute atomic E-state index is 12.5. The van der Waals surface area contributed by atoms with Crippen molar-refractivity contribution in [2.45, 2.75) is 11.3 Å². The van der Waals surface area contributed by atoms with Crippen LogP contribution >= 0.6 is 11.6 Å². The average Bonchev–Trinajstić information content (AvgIpc) is 2.14. The van der Waals surface area contributed by atoms with Gasteiger partial charge < -0.3 is 0 Å². The lowest BCUT2D eigenvalue weighted by molar-refractivity contribution is 0.147. The summed E-state index contributed by atoms with van der Waals surface area (Å²) < 4.78 is 47.1. The molecule has 0 saturated heterocycles. The van der Waals surface area contributed by atoms with Crippen LogP contribution in [0.5, 0.6) is 0 Å². The fourth-order valence-electron chi connectivity index (χ4n) is 1.02. The average molecular weight is 268 g/mol. The van der Waals surface area contributed by atoms with Crippen LogP contribution in [0, 0.1) is 11.3 Å². The maximum Gasteiger partial charge on any atom is 0.265 e. The van der Waals surface area contributed by atoms with Crippen molar-refractivity contribution in [1.29, 1.82) is 5.26 Å². The molecule has 0 aliphatic heterocycles. The van der Waals surface area contributed by atoms with E-state index in [0.717, 1.165) is 0 Å². The molecule has 9 heteroatoms. The Bertz CT molecular complexity index is 568. The van der Waals surface area contributed by atoms with Crippen molar-refractivity contribution in [1.82, 2.24) is 4.98 Å². The number of pyridine rings is 1. The third-order valence-corrected chi connectivity index (χ3v) is 2.98. The van der Waals surface area contributed by atoms with E-state index in [1.54, 1.807) is 0 Å². The van der Waals surface area contributed by atoms with Crippen LogP contribution in [0.25, 0.3) is 0 Å².